The van der Waals surface area contributed by atoms with Gasteiger partial charge in [-0.05, 0) is 31.0 Å². The van der Waals surface area contributed by atoms with Gasteiger partial charge in [-0.2, -0.15) is 0 Å². The standard InChI is InChI=1S/C21H26ClN5O2/c1-12(2)16-10-29-21(23-16)13(3)18-9-27-19(11-28-5)24-25-20(27)15-8-14(22)6-7-17(15)26(18)4/h6-8,12,16H,9-11H2,1-5H3/b18-13+. The predicted octanol–water partition coefficient (Wildman–Crippen LogP) is 3.92. The van der Waals surface area contributed by atoms with Crippen LogP contribution in [0.15, 0.2) is 34.5 Å². The summed E-state index contributed by atoms with van der Waals surface area (Å²) < 4.78 is 13.4. The second-order valence-corrected chi connectivity index (χ2v) is 8.24. The number of hydrogen-bond donors (Lipinski definition) is 0. The highest BCUT2D eigenvalue weighted by Crippen LogP contribution is 2.38. The highest BCUT2D eigenvalue weighted by atomic mass is 35.5. The second kappa shape index (κ2) is 7.80. The first kappa shape index (κ1) is 19.9. The van der Waals surface area contributed by atoms with E-state index in [0.29, 0.717) is 36.6 Å². The molecule has 2 aliphatic heterocycles. The molecule has 0 amide bonds. The molecule has 1 atom stereocenters. The van der Waals surface area contributed by atoms with Crippen molar-refractivity contribution in [3.05, 3.63) is 40.3 Å². The summed E-state index contributed by atoms with van der Waals surface area (Å²) in [4.78, 5) is 6.99. The fraction of sp³-hybridized carbons (Fsp3) is 0.476. The average Bonchev–Trinajstić information content (AvgIpc) is 3.31. The summed E-state index contributed by atoms with van der Waals surface area (Å²) >= 11 is 6.31. The van der Waals surface area contributed by atoms with Gasteiger partial charge in [0, 0.05) is 36.0 Å². The normalized spacial score (nSPS) is 20.2. The lowest BCUT2D eigenvalue weighted by Gasteiger charge is -2.24. The topological polar surface area (TPSA) is 64.8 Å². The van der Waals surface area contributed by atoms with Crippen LogP contribution in [0, 0.1) is 5.92 Å². The molecule has 8 heteroatoms. The van der Waals surface area contributed by atoms with Crippen LogP contribution in [-0.4, -0.2) is 47.5 Å². The van der Waals surface area contributed by atoms with Crippen molar-refractivity contribution < 1.29 is 9.47 Å². The van der Waals surface area contributed by atoms with Gasteiger partial charge in [0.2, 0.25) is 5.90 Å². The van der Waals surface area contributed by atoms with Gasteiger partial charge in [0.15, 0.2) is 11.6 Å². The number of rotatable bonds is 4. The molecule has 154 valence electrons. The molecule has 2 aromatic rings. The Balaban J connectivity index is 1.88. The Morgan fingerprint density at radius 3 is 2.83 bits per heavy atom. The predicted molar refractivity (Wildman–Crippen MR) is 114 cm³/mol. The highest BCUT2D eigenvalue weighted by Gasteiger charge is 2.30. The van der Waals surface area contributed by atoms with Gasteiger partial charge >= 0.3 is 0 Å². The SMILES string of the molecule is COCc1nnc2n1C/C(=C(/C)C1=NC(C(C)C)CO1)N(C)c1ccc(Cl)cc1-2. The number of hydrogen-bond acceptors (Lipinski definition) is 6. The molecule has 0 radical (unpaired) electrons. The van der Waals surface area contributed by atoms with Crippen LogP contribution in [0.25, 0.3) is 11.4 Å². The third-order valence-electron chi connectivity index (χ3n) is 5.57. The van der Waals surface area contributed by atoms with Gasteiger partial charge in [-0.15, -0.1) is 10.2 Å². The molecule has 0 fully saturated rings. The fourth-order valence-corrected chi connectivity index (χ4v) is 3.92. The molecule has 4 rings (SSSR count). The molecule has 3 heterocycles. The van der Waals surface area contributed by atoms with Crippen molar-refractivity contribution in [3.8, 4) is 11.4 Å². The summed E-state index contributed by atoms with van der Waals surface area (Å²) in [5.41, 5.74) is 4.04. The van der Waals surface area contributed by atoms with Crippen LogP contribution in [-0.2, 0) is 22.6 Å². The van der Waals surface area contributed by atoms with Crippen LogP contribution >= 0.6 is 11.6 Å². The minimum atomic E-state index is 0.192. The van der Waals surface area contributed by atoms with Gasteiger partial charge in [0.05, 0.1) is 18.3 Å². The molecule has 0 saturated carbocycles. The van der Waals surface area contributed by atoms with Crippen molar-refractivity contribution >= 4 is 23.2 Å². The summed E-state index contributed by atoms with van der Waals surface area (Å²) in [5.74, 6) is 2.70. The number of ether oxygens (including phenoxy) is 2. The van der Waals surface area contributed by atoms with E-state index in [-0.39, 0.29) is 6.04 Å². The molecule has 1 aromatic heterocycles. The second-order valence-electron chi connectivity index (χ2n) is 7.81. The van der Waals surface area contributed by atoms with E-state index in [0.717, 1.165) is 34.2 Å². The Hall–Kier alpha value is -2.38. The Morgan fingerprint density at radius 1 is 1.34 bits per heavy atom. The van der Waals surface area contributed by atoms with E-state index in [1.165, 1.54) is 0 Å². The van der Waals surface area contributed by atoms with Gasteiger partial charge in [-0.3, -0.25) is 0 Å². The Kier molecular flexibility index (Phi) is 5.36. The maximum Gasteiger partial charge on any atom is 0.213 e. The van der Waals surface area contributed by atoms with Crippen molar-refractivity contribution in [2.45, 2.75) is 40.0 Å². The minimum Gasteiger partial charge on any atom is -0.475 e. The van der Waals surface area contributed by atoms with E-state index < -0.39 is 0 Å². The van der Waals surface area contributed by atoms with Gasteiger partial charge in [0.1, 0.15) is 13.2 Å². The number of aliphatic imine (C=N–C) groups is 1. The zero-order chi connectivity index (χ0) is 20.7. The highest BCUT2D eigenvalue weighted by molar-refractivity contribution is 6.31. The number of methoxy groups -OCH3 is 1. The first-order valence-electron chi connectivity index (χ1n) is 9.76. The quantitative estimate of drug-likeness (QED) is 0.757. The molecule has 1 aromatic carbocycles. The van der Waals surface area contributed by atoms with Crippen molar-refractivity contribution in [1.29, 1.82) is 0 Å². The summed E-state index contributed by atoms with van der Waals surface area (Å²) in [7, 11) is 3.71. The van der Waals surface area contributed by atoms with Crippen LogP contribution in [0.1, 0.15) is 26.6 Å². The van der Waals surface area contributed by atoms with Crippen LogP contribution in [0.5, 0.6) is 0 Å². The maximum atomic E-state index is 6.31. The monoisotopic (exact) mass is 415 g/mol. The molecular formula is C21H26ClN5O2. The summed E-state index contributed by atoms with van der Waals surface area (Å²) in [6, 6.07) is 6.03. The lowest BCUT2D eigenvalue weighted by atomic mass is 10.1. The van der Waals surface area contributed by atoms with Crippen LogP contribution in [0.3, 0.4) is 0 Å². The summed E-state index contributed by atoms with van der Waals surface area (Å²) in [6.07, 6.45) is 0. The van der Waals surface area contributed by atoms with Crippen LogP contribution in [0.2, 0.25) is 5.02 Å². The molecule has 7 nitrogen and oxygen atoms in total. The van der Waals surface area contributed by atoms with Crippen molar-refractivity contribution in [3.63, 3.8) is 0 Å². The van der Waals surface area contributed by atoms with E-state index in [9.17, 15) is 0 Å². The summed E-state index contributed by atoms with van der Waals surface area (Å²) in [6.45, 7) is 7.99. The summed E-state index contributed by atoms with van der Waals surface area (Å²) in [5, 5.41) is 9.45. The minimum absolute atomic E-state index is 0.192. The Morgan fingerprint density at radius 2 is 2.14 bits per heavy atom. The molecular weight excluding hydrogens is 390 g/mol. The van der Waals surface area contributed by atoms with Crippen molar-refractivity contribution in [1.82, 2.24) is 14.8 Å². The van der Waals surface area contributed by atoms with E-state index in [1.807, 2.05) is 18.2 Å². The van der Waals surface area contributed by atoms with E-state index >= 15 is 0 Å². The number of likely N-dealkylation sites (N-methyl/N-ethyl adjacent to an activating group) is 1. The van der Waals surface area contributed by atoms with Gasteiger partial charge < -0.3 is 18.9 Å². The van der Waals surface area contributed by atoms with E-state index in [1.54, 1.807) is 7.11 Å². The van der Waals surface area contributed by atoms with Crippen molar-refractivity contribution in [2.24, 2.45) is 10.9 Å². The van der Waals surface area contributed by atoms with Crippen molar-refractivity contribution in [2.75, 3.05) is 25.7 Å². The fourth-order valence-electron chi connectivity index (χ4n) is 3.75. The third-order valence-corrected chi connectivity index (χ3v) is 5.81. The number of benzene rings is 1. The van der Waals surface area contributed by atoms with E-state index in [4.69, 9.17) is 26.1 Å². The van der Waals surface area contributed by atoms with E-state index in [2.05, 4.69) is 47.5 Å². The molecule has 0 bridgehead atoms. The van der Waals surface area contributed by atoms with Crippen LogP contribution in [0.4, 0.5) is 5.69 Å². The number of allylic oxidation sites excluding steroid dienone is 1. The molecule has 0 spiro atoms. The van der Waals surface area contributed by atoms with Crippen LogP contribution < -0.4 is 4.90 Å². The molecule has 0 N–H and O–H groups in total. The largest absolute Gasteiger partial charge is 0.475 e. The Bertz CT molecular complexity index is 995. The molecule has 2 aliphatic rings. The molecule has 1 unspecified atom stereocenters. The first-order chi connectivity index (χ1) is 13.9. The average molecular weight is 416 g/mol. The number of fused-ring (bicyclic) bond motifs is 3. The third kappa shape index (κ3) is 3.53. The number of nitrogens with zero attached hydrogens (tertiary/aromatic N) is 5. The smallest absolute Gasteiger partial charge is 0.213 e. The number of anilines is 1. The maximum absolute atomic E-state index is 6.31. The molecule has 29 heavy (non-hydrogen) atoms. The zero-order valence-corrected chi connectivity index (χ0v) is 18.2. The number of aromatic nitrogens is 3. The van der Waals surface area contributed by atoms with Gasteiger partial charge in [-0.1, -0.05) is 25.4 Å². The lowest BCUT2D eigenvalue weighted by Crippen LogP contribution is -2.23. The zero-order valence-electron chi connectivity index (χ0n) is 17.4. The first-order valence-corrected chi connectivity index (χ1v) is 10.1. The lowest BCUT2D eigenvalue weighted by molar-refractivity contribution is 0.174. The Labute approximate surface area is 176 Å². The van der Waals surface area contributed by atoms with Gasteiger partial charge in [0.25, 0.3) is 0 Å². The molecule has 0 aliphatic carbocycles. The number of halogens is 1. The van der Waals surface area contributed by atoms with Gasteiger partial charge in [-0.25, -0.2) is 4.99 Å². The molecule has 0 saturated heterocycles.